The summed E-state index contributed by atoms with van der Waals surface area (Å²) >= 11 is 4.94. The van der Waals surface area contributed by atoms with Crippen molar-refractivity contribution in [2.75, 3.05) is 6.54 Å². The van der Waals surface area contributed by atoms with E-state index in [1.165, 1.54) is 6.07 Å². The molecule has 0 aliphatic rings. The molecule has 1 unspecified atom stereocenters. The van der Waals surface area contributed by atoms with Crippen molar-refractivity contribution < 1.29 is 8.81 Å². The number of hydrogen-bond donors (Lipinski definition) is 1. The second kappa shape index (κ2) is 6.30. The van der Waals surface area contributed by atoms with Gasteiger partial charge in [0, 0.05) is 9.58 Å². The van der Waals surface area contributed by atoms with Gasteiger partial charge in [0.2, 0.25) is 0 Å². The summed E-state index contributed by atoms with van der Waals surface area (Å²) in [5, 5.41) is 4.55. The van der Waals surface area contributed by atoms with E-state index in [4.69, 9.17) is 4.42 Å². The molecule has 0 amide bonds. The molecule has 1 aromatic carbocycles. The molecule has 0 fully saturated rings. The van der Waals surface area contributed by atoms with E-state index in [2.05, 4.69) is 34.2 Å². The standard InChI is InChI=1S/C16H15BrFNOS/c1-2-7-19-16(12-5-6-15(17)20-12)14-8-10-3-4-11(18)9-13(10)21-14/h3-6,8-9,16,19H,2,7H2,1H3. The maximum atomic E-state index is 13.3. The van der Waals surface area contributed by atoms with Gasteiger partial charge in [-0.2, -0.15) is 0 Å². The van der Waals surface area contributed by atoms with E-state index in [1.54, 1.807) is 17.4 Å². The first kappa shape index (κ1) is 14.8. The summed E-state index contributed by atoms with van der Waals surface area (Å²) < 4.78 is 20.7. The van der Waals surface area contributed by atoms with E-state index >= 15 is 0 Å². The Morgan fingerprint density at radius 3 is 2.86 bits per heavy atom. The SMILES string of the molecule is CCCNC(c1ccc(Br)o1)c1cc2ccc(F)cc2s1. The molecule has 0 radical (unpaired) electrons. The predicted molar refractivity (Wildman–Crippen MR) is 88.3 cm³/mol. The molecule has 0 saturated heterocycles. The molecule has 2 heterocycles. The van der Waals surface area contributed by atoms with Crippen LogP contribution in [0.1, 0.15) is 30.0 Å². The largest absolute Gasteiger partial charge is 0.452 e. The highest BCUT2D eigenvalue weighted by Crippen LogP contribution is 2.34. The zero-order chi connectivity index (χ0) is 14.8. The summed E-state index contributed by atoms with van der Waals surface area (Å²) in [6, 6.07) is 10.8. The molecular weight excluding hydrogens is 353 g/mol. The first-order valence-corrected chi connectivity index (χ1v) is 8.46. The van der Waals surface area contributed by atoms with Gasteiger partial charge in [0.15, 0.2) is 4.67 Å². The maximum Gasteiger partial charge on any atom is 0.169 e. The minimum atomic E-state index is -0.199. The average molecular weight is 368 g/mol. The molecule has 0 aliphatic heterocycles. The smallest absolute Gasteiger partial charge is 0.169 e. The zero-order valence-corrected chi connectivity index (χ0v) is 13.9. The van der Waals surface area contributed by atoms with E-state index in [0.717, 1.165) is 33.7 Å². The van der Waals surface area contributed by atoms with Crippen LogP contribution in [-0.4, -0.2) is 6.54 Å². The van der Waals surface area contributed by atoms with Gasteiger partial charge in [0.25, 0.3) is 0 Å². The van der Waals surface area contributed by atoms with Gasteiger partial charge in [-0.1, -0.05) is 13.0 Å². The summed E-state index contributed by atoms with van der Waals surface area (Å²) in [7, 11) is 0. The van der Waals surface area contributed by atoms with Gasteiger partial charge in [-0.15, -0.1) is 11.3 Å². The lowest BCUT2D eigenvalue weighted by atomic mass is 10.1. The second-order valence-electron chi connectivity index (χ2n) is 4.86. The van der Waals surface area contributed by atoms with Gasteiger partial charge in [-0.3, -0.25) is 0 Å². The van der Waals surface area contributed by atoms with E-state index in [1.807, 2.05) is 18.2 Å². The van der Waals surface area contributed by atoms with Gasteiger partial charge in [0.05, 0.1) is 0 Å². The normalized spacial score (nSPS) is 12.9. The second-order valence-corrected chi connectivity index (χ2v) is 6.76. The van der Waals surface area contributed by atoms with Crippen LogP contribution in [-0.2, 0) is 0 Å². The third-order valence-corrected chi connectivity index (χ3v) is 4.85. The number of thiophene rings is 1. The number of benzene rings is 1. The molecule has 0 bridgehead atoms. The minimum Gasteiger partial charge on any atom is -0.452 e. The molecule has 110 valence electrons. The minimum absolute atomic E-state index is 0.00305. The molecule has 1 N–H and O–H groups in total. The topological polar surface area (TPSA) is 25.2 Å². The molecular formula is C16H15BrFNOS. The highest BCUT2D eigenvalue weighted by atomic mass is 79.9. The van der Waals surface area contributed by atoms with Crippen LogP contribution >= 0.6 is 27.3 Å². The Morgan fingerprint density at radius 1 is 1.29 bits per heavy atom. The third kappa shape index (κ3) is 3.20. The van der Waals surface area contributed by atoms with Crippen LogP contribution in [0.25, 0.3) is 10.1 Å². The van der Waals surface area contributed by atoms with Crippen LogP contribution < -0.4 is 5.32 Å². The number of rotatable bonds is 5. The number of nitrogens with one attached hydrogen (secondary N) is 1. The molecule has 1 atom stereocenters. The van der Waals surface area contributed by atoms with E-state index in [0.29, 0.717) is 4.67 Å². The van der Waals surface area contributed by atoms with Crippen molar-refractivity contribution in [3.63, 3.8) is 0 Å². The number of halogens is 2. The zero-order valence-electron chi connectivity index (χ0n) is 11.5. The van der Waals surface area contributed by atoms with E-state index in [-0.39, 0.29) is 11.9 Å². The van der Waals surface area contributed by atoms with Crippen molar-refractivity contribution in [2.24, 2.45) is 0 Å². The predicted octanol–water partition coefficient (Wildman–Crippen LogP) is 5.48. The van der Waals surface area contributed by atoms with Gasteiger partial charge >= 0.3 is 0 Å². The Bertz CT molecular complexity index is 752. The summed E-state index contributed by atoms with van der Waals surface area (Å²) in [5.41, 5.74) is 0. The highest BCUT2D eigenvalue weighted by Gasteiger charge is 2.19. The van der Waals surface area contributed by atoms with Crippen LogP contribution in [0, 0.1) is 5.82 Å². The molecule has 2 aromatic heterocycles. The molecule has 0 aliphatic carbocycles. The first-order chi connectivity index (χ1) is 10.2. The fraction of sp³-hybridized carbons (Fsp3) is 0.250. The Morgan fingerprint density at radius 2 is 2.14 bits per heavy atom. The monoisotopic (exact) mass is 367 g/mol. The Labute approximate surface area is 135 Å². The summed E-state index contributed by atoms with van der Waals surface area (Å²) in [4.78, 5) is 1.13. The summed E-state index contributed by atoms with van der Waals surface area (Å²) in [6.45, 7) is 3.02. The summed E-state index contributed by atoms with van der Waals surface area (Å²) in [6.07, 6.45) is 1.04. The average Bonchev–Trinajstić information content (AvgIpc) is 3.05. The van der Waals surface area contributed by atoms with Crippen molar-refractivity contribution in [2.45, 2.75) is 19.4 Å². The molecule has 0 spiro atoms. The van der Waals surface area contributed by atoms with Gasteiger partial charge < -0.3 is 9.73 Å². The van der Waals surface area contributed by atoms with Crippen molar-refractivity contribution >= 4 is 37.4 Å². The lowest BCUT2D eigenvalue weighted by molar-refractivity contribution is 0.436. The molecule has 3 aromatic rings. The van der Waals surface area contributed by atoms with E-state index in [9.17, 15) is 4.39 Å². The molecule has 0 saturated carbocycles. The lowest BCUT2D eigenvalue weighted by Gasteiger charge is -2.14. The van der Waals surface area contributed by atoms with Gasteiger partial charge in [-0.25, -0.2) is 4.39 Å². The molecule has 5 heteroatoms. The van der Waals surface area contributed by atoms with Crippen LogP contribution in [0.15, 0.2) is 45.5 Å². The van der Waals surface area contributed by atoms with Gasteiger partial charge in [0.1, 0.15) is 17.6 Å². The van der Waals surface area contributed by atoms with Crippen LogP contribution in [0.2, 0.25) is 0 Å². The molecule has 21 heavy (non-hydrogen) atoms. The van der Waals surface area contributed by atoms with Gasteiger partial charge in [-0.05, 0) is 64.6 Å². The van der Waals surface area contributed by atoms with Crippen molar-refractivity contribution in [3.8, 4) is 0 Å². The van der Waals surface area contributed by atoms with E-state index < -0.39 is 0 Å². The Kier molecular flexibility index (Phi) is 4.42. The van der Waals surface area contributed by atoms with Crippen molar-refractivity contribution in [1.82, 2.24) is 5.32 Å². The summed E-state index contributed by atoms with van der Waals surface area (Å²) in [5.74, 6) is 0.664. The quantitative estimate of drug-likeness (QED) is 0.645. The molecule has 2 nitrogen and oxygen atoms in total. The maximum absolute atomic E-state index is 13.3. The third-order valence-electron chi connectivity index (χ3n) is 3.26. The number of fused-ring (bicyclic) bond motifs is 1. The Balaban J connectivity index is 2.00. The van der Waals surface area contributed by atoms with Crippen molar-refractivity contribution in [3.05, 3.63) is 57.5 Å². The lowest BCUT2D eigenvalue weighted by Crippen LogP contribution is -2.21. The van der Waals surface area contributed by atoms with Crippen LogP contribution in [0.3, 0.4) is 0 Å². The fourth-order valence-corrected chi connectivity index (χ4v) is 3.77. The molecule has 3 rings (SSSR count). The number of furan rings is 1. The van der Waals surface area contributed by atoms with Crippen LogP contribution in [0.5, 0.6) is 0 Å². The van der Waals surface area contributed by atoms with Crippen LogP contribution in [0.4, 0.5) is 4.39 Å². The first-order valence-electron chi connectivity index (χ1n) is 6.85. The fourth-order valence-electron chi connectivity index (χ4n) is 2.28. The van der Waals surface area contributed by atoms with Crippen molar-refractivity contribution in [1.29, 1.82) is 0 Å². The number of hydrogen-bond acceptors (Lipinski definition) is 3. The highest BCUT2D eigenvalue weighted by molar-refractivity contribution is 9.10. The Hall–Kier alpha value is -1.17.